The standard InChI is InChI=1S/C16H14Cl2O4.C12H9ClN2O3.C11H8ClNO3/c1-10(16(19)20-2)21-12-4-6-13(7-5-12)22-15-8-3-11(17)9-14(15)18;13-11-10(18-8-4-2-1-3-5-8)7-6-9(12(11)14)15(16)17;12-8-3-4-9(16-6-10(14)15)11-7(8)2-1-5-13-11/h3-10H,1-2H3;1-7H,14H2;1-5H,6H2,(H,14,15). The second-order valence-corrected chi connectivity index (χ2v) is 12.7. The van der Waals surface area contributed by atoms with E-state index in [1.165, 1.54) is 19.2 Å². The molecule has 6 aromatic rings. The van der Waals surface area contributed by atoms with Crippen molar-refractivity contribution in [2.45, 2.75) is 13.0 Å². The highest BCUT2D eigenvalue weighted by Gasteiger charge is 2.18. The van der Waals surface area contributed by atoms with Crippen molar-refractivity contribution < 1.29 is 43.3 Å². The summed E-state index contributed by atoms with van der Waals surface area (Å²) in [7, 11) is 1.31. The van der Waals surface area contributed by atoms with E-state index >= 15 is 0 Å². The second kappa shape index (κ2) is 20.6. The van der Waals surface area contributed by atoms with Crippen LogP contribution in [0, 0.1) is 10.1 Å². The monoisotopic (exact) mass is 841 g/mol. The van der Waals surface area contributed by atoms with Gasteiger partial charge in [-0.2, -0.15) is 0 Å². The Morgan fingerprint density at radius 1 is 0.804 bits per heavy atom. The quantitative estimate of drug-likeness (QED) is 0.0545. The minimum Gasteiger partial charge on any atom is -0.480 e. The molecule has 0 fully saturated rings. The van der Waals surface area contributed by atoms with Gasteiger partial charge in [0.25, 0.3) is 5.69 Å². The zero-order valence-electron chi connectivity index (χ0n) is 29.4. The van der Waals surface area contributed by atoms with Gasteiger partial charge >= 0.3 is 11.9 Å². The van der Waals surface area contributed by atoms with Crippen LogP contribution in [-0.2, 0) is 14.3 Å². The van der Waals surface area contributed by atoms with Gasteiger partial charge in [0.2, 0.25) is 0 Å². The average molecular weight is 844 g/mol. The Morgan fingerprint density at radius 3 is 2.07 bits per heavy atom. The molecule has 0 bridgehead atoms. The first-order valence-corrected chi connectivity index (χ1v) is 17.6. The molecule has 1 aromatic heterocycles. The number of pyridine rings is 1. The molecule has 6 rings (SSSR count). The maximum atomic E-state index is 11.3. The van der Waals surface area contributed by atoms with Crippen molar-refractivity contribution in [1.29, 1.82) is 0 Å². The Labute approximate surface area is 340 Å². The number of anilines is 1. The molecule has 1 atom stereocenters. The van der Waals surface area contributed by atoms with Crippen LogP contribution < -0.4 is 24.7 Å². The molecule has 0 saturated carbocycles. The lowest BCUT2D eigenvalue weighted by molar-refractivity contribution is -0.383. The Morgan fingerprint density at radius 2 is 1.43 bits per heavy atom. The fourth-order valence-electron chi connectivity index (χ4n) is 4.47. The van der Waals surface area contributed by atoms with Gasteiger partial charge in [-0.1, -0.05) is 64.6 Å². The van der Waals surface area contributed by atoms with Gasteiger partial charge in [0.15, 0.2) is 12.7 Å². The number of carbonyl (C=O) groups is 2. The third-order valence-corrected chi connectivity index (χ3v) is 8.36. The lowest BCUT2D eigenvalue weighted by Gasteiger charge is -2.13. The number of hydrogen-bond acceptors (Lipinski definition) is 11. The molecule has 3 N–H and O–H groups in total. The molecule has 13 nitrogen and oxygen atoms in total. The van der Waals surface area contributed by atoms with Crippen LogP contribution in [0.2, 0.25) is 20.1 Å². The number of carbonyl (C=O) groups excluding carboxylic acids is 1. The van der Waals surface area contributed by atoms with E-state index in [4.69, 9.17) is 76.2 Å². The first-order chi connectivity index (χ1) is 26.8. The van der Waals surface area contributed by atoms with Crippen molar-refractivity contribution in [2.75, 3.05) is 19.5 Å². The van der Waals surface area contributed by atoms with Crippen LogP contribution in [0.15, 0.2) is 115 Å². The minimum absolute atomic E-state index is 0.0352. The average Bonchev–Trinajstić information content (AvgIpc) is 3.18. The number of esters is 1. The fraction of sp³-hybridized carbons (Fsp3) is 0.103. The van der Waals surface area contributed by atoms with Crippen molar-refractivity contribution in [1.82, 2.24) is 4.98 Å². The van der Waals surface area contributed by atoms with E-state index in [1.807, 2.05) is 6.07 Å². The lowest BCUT2D eigenvalue weighted by atomic mass is 10.2. The molecule has 0 aliphatic heterocycles. The predicted octanol–water partition coefficient (Wildman–Crippen LogP) is 10.7. The SMILES string of the molecule is COC(=O)C(C)Oc1ccc(Oc2ccc(Cl)cc2Cl)cc1.Nc1c([N+](=O)[O-])ccc(Oc2ccccc2)c1Cl.O=C(O)COc1ccc(Cl)c2cccnc12. The Kier molecular flexibility index (Phi) is 15.7. The van der Waals surface area contributed by atoms with E-state index in [2.05, 4.69) is 9.72 Å². The summed E-state index contributed by atoms with van der Waals surface area (Å²) < 4.78 is 26.3. The van der Waals surface area contributed by atoms with Gasteiger partial charge in [-0.25, -0.2) is 9.59 Å². The van der Waals surface area contributed by atoms with Crippen LogP contribution in [0.4, 0.5) is 11.4 Å². The maximum Gasteiger partial charge on any atom is 0.346 e. The highest BCUT2D eigenvalue weighted by Crippen LogP contribution is 2.39. The number of nitro benzene ring substituents is 1. The Balaban J connectivity index is 0.000000189. The number of methoxy groups -OCH3 is 1. The van der Waals surface area contributed by atoms with Crippen molar-refractivity contribution in [3.05, 3.63) is 146 Å². The highest BCUT2D eigenvalue weighted by atomic mass is 35.5. The third-order valence-electron chi connectivity index (χ3n) is 7.11. The summed E-state index contributed by atoms with van der Waals surface area (Å²) in [6.07, 6.45) is 0.925. The van der Waals surface area contributed by atoms with Crippen LogP contribution in [0.3, 0.4) is 0 Å². The van der Waals surface area contributed by atoms with Crippen LogP contribution in [-0.4, -0.2) is 46.8 Å². The van der Waals surface area contributed by atoms with Gasteiger partial charge < -0.3 is 34.5 Å². The molecular formula is C39H31Cl4N3O10. The van der Waals surface area contributed by atoms with Gasteiger partial charge in [-0.3, -0.25) is 15.1 Å². The van der Waals surface area contributed by atoms with Gasteiger partial charge in [0.05, 0.1) is 22.1 Å². The number of halogens is 4. The summed E-state index contributed by atoms with van der Waals surface area (Å²) in [5.41, 5.74) is 5.81. The molecule has 290 valence electrons. The molecule has 0 aliphatic carbocycles. The molecule has 0 amide bonds. The molecule has 1 unspecified atom stereocenters. The molecule has 0 radical (unpaired) electrons. The minimum atomic E-state index is -1.03. The Bertz CT molecular complexity index is 2300. The number of nitro groups is 1. The largest absolute Gasteiger partial charge is 0.480 e. The summed E-state index contributed by atoms with van der Waals surface area (Å²) in [5.74, 6) is 1.44. The Hall–Kier alpha value is -5.99. The number of aliphatic carboxylic acids is 1. The maximum absolute atomic E-state index is 11.3. The summed E-state index contributed by atoms with van der Waals surface area (Å²) in [6.45, 7) is 1.22. The summed E-state index contributed by atoms with van der Waals surface area (Å²) in [4.78, 5) is 35.9. The van der Waals surface area contributed by atoms with Crippen LogP contribution >= 0.6 is 46.4 Å². The zero-order valence-corrected chi connectivity index (χ0v) is 32.4. The van der Waals surface area contributed by atoms with Gasteiger partial charge in [-0.15, -0.1) is 0 Å². The van der Waals surface area contributed by atoms with Crippen LogP contribution in [0.25, 0.3) is 10.9 Å². The highest BCUT2D eigenvalue weighted by molar-refractivity contribution is 6.36. The number of carboxylic acids is 1. The van der Waals surface area contributed by atoms with E-state index in [0.29, 0.717) is 49.3 Å². The van der Waals surface area contributed by atoms with Gasteiger partial charge in [0.1, 0.15) is 50.7 Å². The molecule has 5 aromatic carbocycles. The number of carboxylic acid groups (broad SMARTS) is 1. The summed E-state index contributed by atoms with van der Waals surface area (Å²) in [6, 6.07) is 30.3. The van der Waals surface area contributed by atoms with Crippen LogP contribution in [0.5, 0.6) is 34.5 Å². The molecule has 0 saturated heterocycles. The number of nitrogens with zero attached hydrogens (tertiary/aromatic N) is 2. The second-order valence-electron chi connectivity index (χ2n) is 11.0. The van der Waals surface area contributed by atoms with Crippen molar-refractivity contribution in [2.24, 2.45) is 0 Å². The molecule has 1 heterocycles. The molecular weight excluding hydrogens is 812 g/mol. The number of nitrogen functional groups attached to an aromatic ring is 1. The third kappa shape index (κ3) is 12.3. The van der Waals surface area contributed by atoms with Gasteiger partial charge in [-0.05, 0) is 91.9 Å². The molecule has 17 heteroatoms. The number of fused-ring (bicyclic) bond motifs is 1. The van der Waals surface area contributed by atoms with E-state index < -0.39 is 29.6 Å². The lowest BCUT2D eigenvalue weighted by Crippen LogP contribution is -2.24. The molecule has 0 aliphatic rings. The molecule has 0 spiro atoms. The number of rotatable bonds is 11. The normalized spacial score (nSPS) is 10.8. The van der Waals surface area contributed by atoms with E-state index in [-0.39, 0.29) is 22.1 Å². The van der Waals surface area contributed by atoms with Crippen LogP contribution in [0.1, 0.15) is 6.92 Å². The van der Waals surface area contributed by atoms with E-state index in [1.54, 1.807) is 104 Å². The summed E-state index contributed by atoms with van der Waals surface area (Å²) in [5, 5.41) is 21.5. The first-order valence-electron chi connectivity index (χ1n) is 16.1. The van der Waals surface area contributed by atoms with Crippen molar-refractivity contribution >= 4 is 80.6 Å². The number of benzene rings is 5. The fourth-order valence-corrected chi connectivity index (χ4v) is 5.33. The molecule has 56 heavy (non-hydrogen) atoms. The summed E-state index contributed by atoms with van der Waals surface area (Å²) >= 11 is 23.8. The first kappa shape index (κ1) is 42.7. The smallest absolute Gasteiger partial charge is 0.346 e. The number of hydrogen-bond donors (Lipinski definition) is 2. The predicted molar refractivity (Wildman–Crippen MR) is 214 cm³/mol. The topological polar surface area (TPSA) is 183 Å². The van der Waals surface area contributed by atoms with Crippen molar-refractivity contribution in [3.8, 4) is 34.5 Å². The van der Waals surface area contributed by atoms with E-state index in [0.717, 1.165) is 5.39 Å². The van der Waals surface area contributed by atoms with E-state index in [9.17, 15) is 19.7 Å². The zero-order chi connectivity index (χ0) is 40.8. The van der Waals surface area contributed by atoms with Crippen molar-refractivity contribution in [3.63, 3.8) is 0 Å². The van der Waals surface area contributed by atoms with Gasteiger partial charge in [0, 0.05) is 22.7 Å². The number of para-hydroxylation sites is 1. The number of aromatic nitrogens is 1. The number of nitrogens with two attached hydrogens (primary N) is 1. The number of ether oxygens (including phenoxy) is 5.